The summed E-state index contributed by atoms with van der Waals surface area (Å²) in [7, 11) is 0. The maximum atomic E-state index is 15.6. The van der Waals surface area contributed by atoms with Gasteiger partial charge in [0.25, 0.3) is 0 Å². The molecule has 0 fully saturated rings. The average molecular weight is 1060 g/mol. The van der Waals surface area contributed by atoms with Crippen molar-refractivity contribution in [3.8, 4) is 0 Å². The molecule has 0 aliphatic heterocycles. The van der Waals surface area contributed by atoms with Gasteiger partial charge in [0.15, 0.2) is 5.78 Å². The summed E-state index contributed by atoms with van der Waals surface area (Å²) in [5.41, 5.74) is 13.9. The molecular formula is C77H116O. The molecule has 1 aliphatic carbocycles. The van der Waals surface area contributed by atoms with Gasteiger partial charge in [0.1, 0.15) is 0 Å². The highest BCUT2D eigenvalue weighted by molar-refractivity contribution is 6.59. The first-order valence-electron chi connectivity index (χ1n) is 34.0. The molecule has 78 heavy (non-hydrogen) atoms. The summed E-state index contributed by atoms with van der Waals surface area (Å²) in [6.07, 6.45) is 58.6. The molecule has 0 unspecified atom stereocenters. The molecule has 1 aliphatic rings. The van der Waals surface area contributed by atoms with E-state index < -0.39 is 0 Å². The molecule has 0 spiro atoms. The number of carbonyl (C=O) groups excluding carboxylic acids is 1. The van der Waals surface area contributed by atoms with Crippen molar-refractivity contribution in [3.63, 3.8) is 0 Å². The number of carbonyl (C=O) groups is 1. The van der Waals surface area contributed by atoms with Gasteiger partial charge in [-0.3, -0.25) is 4.79 Å². The number of hydrogen-bond acceptors (Lipinski definition) is 1. The van der Waals surface area contributed by atoms with Crippen LogP contribution in [-0.4, -0.2) is 5.78 Å². The first-order valence-corrected chi connectivity index (χ1v) is 34.0. The van der Waals surface area contributed by atoms with Crippen LogP contribution in [0.2, 0.25) is 0 Å². The first-order chi connectivity index (χ1) is 38.6. The Labute approximate surface area is 482 Å². The van der Waals surface area contributed by atoms with Gasteiger partial charge in [0, 0.05) is 22.3 Å². The third-order valence-corrected chi connectivity index (χ3v) is 17.5. The number of benzene rings is 4. The average Bonchev–Trinajstić information content (AvgIpc) is 3.80. The molecule has 0 aromatic heterocycles. The number of aryl methyl sites for hydroxylation is 4. The largest absolute Gasteiger partial charge is 0.289 e. The van der Waals surface area contributed by atoms with E-state index in [1.807, 2.05) is 0 Å². The van der Waals surface area contributed by atoms with Gasteiger partial charge in [0.05, 0.1) is 0 Å². The predicted octanol–water partition coefficient (Wildman–Crippen LogP) is 24.6. The molecule has 0 atom stereocenters. The van der Waals surface area contributed by atoms with Gasteiger partial charge in [-0.15, -0.1) is 0 Å². The second-order valence-corrected chi connectivity index (χ2v) is 24.3. The Morgan fingerprint density at radius 3 is 0.526 bits per heavy atom. The summed E-state index contributed by atoms with van der Waals surface area (Å²) in [4.78, 5) is 15.6. The molecule has 0 radical (unpaired) electrons. The van der Waals surface area contributed by atoms with Gasteiger partial charge in [-0.1, -0.05) is 356 Å². The van der Waals surface area contributed by atoms with E-state index in [0.29, 0.717) is 0 Å². The molecule has 0 saturated carbocycles. The lowest BCUT2D eigenvalue weighted by molar-refractivity contribution is -0.108. The minimum absolute atomic E-state index is 0.161. The third kappa shape index (κ3) is 25.2. The number of allylic oxidation sites excluding steroid dienone is 4. The number of hydrogen-bond donors (Lipinski definition) is 0. The van der Waals surface area contributed by atoms with Gasteiger partial charge in [-0.25, -0.2) is 0 Å². The highest BCUT2D eigenvalue weighted by Crippen LogP contribution is 2.50. The third-order valence-electron chi connectivity index (χ3n) is 17.5. The summed E-state index contributed by atoms with van der Waals surface area (Å²) in [6, 6.07) is 37.2. The highest BCUT2D eigenvalue weighted by atomic mass is 16.1. The van der Waals surface area contributed by atoms with Gasteiger partial charge >= 0.3 is 0 Å². The van der Waals surface area contributed by atoms with Crippen LogP contribution in [0.25, 0.3) is 22.3 Å². The van der Waals surface area contributed by atoms with Crippen molar-refractivity contribution in [1.29, 1.82) is 0 Å². The van der Waals surface area contributed by atoms with Crippen molar-refractivity contribution < 1.29 is 4.79 Å². The zero-order chi connectivity index (χ0) is 54.9. The lowest BCUT2D eigenvalue weighted by atomic mass is 9.88. The van der Waals surface area contributed by atoms with E-state index in [4.69, 9.17) is 0 Å². The van der Waals surface area contributed by atoms with Gasteiger partial charge in [0.2, 0.25) is 0 Å². The minimum atomic E-state index is 0.161. The van der Waals surface area contributed by atoms with Crippen LogP contribution in [0.4, 0.5) is 0 Å². The number of unbranched alkanes of at least 4 members (excludes halogenated alkanes) is 36. The van der Waals surface area contributed by atoms with E-state index in [2.05, 4.69) is 125 Å². The molecule has 0 N–H and O–H groups in total. The molecule has 5 rings (SSSR count). The Hall–Kier alpha value is -3.97. The quantitative estimate of drug-likeness (QED) is 0.0403. The summed E-state index contributed by atoms with van der Waals surface area (Å²) in [6.45, 7) is 9.21. The van der Waals surface area contributed by atoms with E-state index in [1.54, 1.807) is 0 Å². The number of ketones is 1. The molecule has 0 saturated heterocycles. The number of rotatable bonds is 48. The fraction of sp³-hybridized carbons (Fsp3) is 0.623. The lowest BCUT2D eigenvalue weighted by Gasteiger charge is -2.15. The van der Waals surface area contributed by atoms with Crippen LogP contribution < -0.4 is 0 Å². The van der Waals surface area contributed by atoms with Crippen LogP contribution in [0.1, 0.15) is 329 Å². The Balaban J connectivity index is 1.36. The zero-order valence-corrected chi connectivity index (χ0v) is 51.3. The molecule has 0 bridgehead atoms. The van der Waals surface area contributed by atoms with E-state index in [1.165, 1.54) is 279 Å². The lowest BCUT2D eigenvalue weighted by Crippen LogP contribution is -2.02. The van der Waals surface area contributed by atoms with Gasteiger partial charge in [-0.2, -0.15) is 0 Å². The fourth-order valence-corrected chi connectivity index (χ4v) is 12.3. The highest BCUT2D eigenvalue weighted by Gasteiger charge is 2.35. The normalized spacial score (nSPS) is 12.7. The van der Waals surface area contributed by atoms with Gasteiger partial charge < -0.3 is 0 Å². The number of Topliss-reactive ketones (excluding diaryl/α,β-unsaturated/α-hetero) is 1. The summed E-state index contributed by atoms with van der Waals surface area (Å²) in [5.74, 6) is 0.161. The predicted molar refractivity (Wildman–Crippen MR) is 347 cm³/mol. The SMILES string of the molecule is CCCCCCCCCCCCc1ccc(C2=C(c3ccc(CCCCCCCCCCCC)cc3)C(c3ccc(CCCCCCCCCCCC)cc3)=C(c3ccc(CCCCCCCCCCCC)cc3)C2=O)cc1. The Kier molecular flexibility index (Phi) is 34.9. The van der Waals surface area contributed by atoms with Crippen molar-refractivity contribution in [1.82, 2.24) is 0 Å². The van der Waals surface area contributed by atoms with Crippen molar-refractivity contribution in [2.24, 2.45) is 0 Å². The van der Waals surface area contributed by atoms with Crippen molar-refractivity contribution >= 4 is 28.1 Å². The standard InChI is InChI=1S/C77H116O/c1-5-9-13-17-21-25-29-33-37-41-45-65-49-57-69(58-50-65)73-74(70-59-51-66(52-60-70)46-42-38-34-30-26-22-18-14-10-6-2)76(72-63-55-68(56-64-72)48-44-40-36-32-28-24-20-16-12-8-4)77(78)75(73)71-61-53-67(54-62-71)47-43-39-35-31-27-23-19-15-11-7-3/h49-64H,5-48H2,1-4H3. The van der Waals surface area contributed by atoms with Crippen molar-refractivity contribution in [2.75, 3.05) is 0 Å². The van der Waals surface area contributed by atoms with Crippen LogP contribution in [0.5, 0.6) is 0 Å². The monoisotopic (exact) mass is 1060 g/mol. The van der Waals surface area contributed by atoms with E-state index in [9.17, 15) is 0 Å². The van der Waals surface area contributed by atoms with Crippen LogP contribution in [0, 0.1) is 0 Å². The van der Waals surface area contributed by atoms with Crippen molar-refractivity contribution in [3.05, 3.63) is 142 Å². The maximum absolute atomic E-state index is 15.6. The fourth-order valence-electron chi connectivity index (χ4n) is 12.3. The Morgan fingerprint density at radius 2 is 0.346 bits per heavy atom. The second-order valence-electron chi connectivity index (χ2n) is 24.3. The summed E-state index contributed by atoms with van der Waals surface area (Å²) in [5, 5.41) is 0. The van der Waals surface area contributed by atoms with Crippen LogP contribution >= 0.6 is 0 Å². The molecule has 1 nitrogen and oxygen atoms in total. The maximum Gasteiger partial charge on any atom is 0.195 e. The first kappa shape index (κ1) is 64.8. The van der Waals surface area contributed by atoms with Crippen LogP contribution in [0.15, 0.2) is 97.1 Å². The summed E-state index contributed by atoms with van der Waals surface area (Å²) >= 11 is 0. The van der Waals surface area contributed by atoms with E-state index in [0.717, 1.165) is 70.2 Å². The summed E-state index contributed by atoms with van der Waals surface area (Å²) < 4.78 is 0. The second kappa shape index (κ2) is 42.0. The molecule has 430 valence electrons. The molecule has 1 heteroatoms. The molecule has 0 heterocycles. The molecule has 4 aromatic carbocycles. The molecule has 0 amide bonds. The smallest absolute Gasteiger partial charge is 0.195 e. The Morgan fingerprint density at radius 1 is 0.192 bits per heavy atom. The Bertz CT molecular complexity index is 2020. The van der Waals surface area contributed by atoms with Crippen molar-refractivity contribution in [2.45, 2.75) is 310 Å². The molecule has 4 aromatic rings. The van der Waals surface area contributed by atoms with E-state index >= 15 is 4.79 Å². The minimum Gasteiger partial charge on any atom is -0.289 e. The van der Waals surface area contributed by atoms with Crippen LogP contribution in [-0.2, 0) is 30.5 Å². The van der Waals surface area contributed by atoms with Crippen LogP contribution in [0.3, 0.4) is 0 Å². The topological polar surface area (TPSA) is 17.1 Å². The zero-order valence-electron chi connectivity index (χ0n) is 51.3. The van der Waals surface area contributed by atoms with Gasteiger partial charge in [-0.05, 0) is 95.9 Å². The van der Waals surface area contributed by atoms with E-state index in [-0.39, 0.29) is 5.78 Å². The molecular weight excluding hydrogens is 941 g/mol.